The molecule has 0 spiro atoms. The van der Waals surface area contributed by atoms with Crippen LogP contribution in [0.3, 0.4) is 0 Å². The van der Waals surface area contributed by atoms with Crippen molar-refractivity contribution in [3.63, 3.8) is 0 Å². The number of nitrogens with one attached hydrogen (secondary N) is 1. The predicted molar refractivity (Wildman–Crippen MR) is 67.2 cm³/mol. The molecule has 0 radical (unpaired) electrons. The Morgan fingerprint density at radius 2 is 2.17 bits per heavy atom. The van der Waals surface area contributed by atoms with Crippen LogP contribution in [0.25, 0.3) is 0 Å². The lowest BCUT2D eigenvalue weighted by Crippen LogP contribution is -2.30. The van der Waals surface area contributed by atoms with Gasteiger partial charge in [0.25, 0.3) is 0 Å². The van der Waals surface area contributed by atoms with Crippen LogP contribution in [0.2, 0.25) is 0 Å². The summed E-state index contributed by atoms with van der Waals surface area (Å²) in [4.78, 5) is 9.75. The first kappa shape index (κ1) is 14.4. The van der Waals surface area contributed by atoms with Crippen molar-refractivity contribution in [2.75, 3.05) is 19.0 Å². The monoisotopic (exact) mass is 256 g/mol. The van der Waals surface area contributed by atoms with Crippen molar-refractivity contribution >= 4 is 11.4 Å². The maximum Gasteiger partial charge on any atom is 0.304 e. The molecule has 1 aromatic carbocycles. The summed E-state index contributed by atoms with van der Waals surface area (Å²) in [5, 5.41) is 13.6. The van der Waals surface area contributed by atoms with Crippen molar-refractivity contribution in [1.82, 2.24) is 0 Å². The Hall–Kier alpha value is -1.69. The maximum atomic E-state index is 13.4. The molecule has 18 heavy (non-hydrogen) atoms. The van der Waals surface area contributed by atoms with Crippen molar-refractivity contribution in [2.45, 2.75) is 19.9 Å². The molecule has 5 nitrogen and oxygen atoms in total. The summed E-state index contributed by atoms with van der Waals surface area (Å²) in [6.45, 7) is 4.51. The molecule has 0 saturated carbocycles. The van der Waals surface area contributed by atoms with Gasteiger partial charge in [-0.05, 0) is 12.0 Å². The summed E-state index contributed by atoms with van der Waals surface area (Å²) in [7, 11) is 1.59. The minimum atomic E-state index is -0.843. The van der Waals surface area contributed by atoms with Crippen LogP contribution in [0.4, 0.5) is 15.8 Å². The molecule has 1 aromatic rings. The summed E-state index contributed by atoms with van der Waals surface area (Å²) in [5.41, 5.74) is -0.0118. The molecule has 0 heterocycles. The van der Waals surface area contributed by atoms with E-state index < -0.39 is 16.4 Å². The van der Waals surface area contributed by atoms with Gasteiger partial charge in [-0.3, -0.25) is 10.1 Å². The van der Waals surface area contributed by atoms with Gasteiger partial charge < -0.3 is 10.1 Å². The number of nitro groups is 1. The van der Waals surface area contributed by atoms with Gasteiger partial charge in [0.05, 0.1) is 17.6 Å². The first-order valence-electron chi connectivity index (χ1n) is 5.65. The second-order valence-corrected chi connectivity index (χ2v) is 4.37. The fraction of sp³-hybridized carbons (Fsp3) is 0.500. The molecule has 0 fully saturated rings. The lowest BCUT2D eigenvalue weighted by Gasteiger charge is -2.22. The predicted octanol–water partition coefficient (Wildman–Crippen LogP) is 2.82. The number of anilines is 1. The highest BCUT2D eigenvalue weighted by Crippen LogP contribution is 2.22. The van der Waals surface area contributed by atoms with Gasteiger partial charge in [-0.15, -0.1) is 0 Å². The van der Waals surface area contributed by atoms with Crippen LogP contribution in [0.5, 0.6) is 0 Å². The van der Waals surface area contributed by atoms with Gasteiger partial charge in [0.1, 0.15) is 0 Å². The van der Waals surface area contributed by atoms with Crippen molar-refractivity contribution in [2.24, 2.45) is 5.92 Å². The highest BCUT2D eigenvalue weighted by molar-refractivity contribution is 5.50. The Kier molecular flexibility index (Phi) is 5.03. The number of rotatable bonds is 6. The summed E-state index contributed by atoms with van der Waals surface area (Å²) in [5.74, 6) is -0.548. The first-order valence-corrected chi connectivity index (χ1v) is 5.65. The molecule has 1 atom stereocenters. The number of methoxy groups -OCH3 is 1. The van der Waals surface area contributed by atoms with Crippen molar-refractivity contribution in [3.05, 3.63) is 34.1 Å². The molecule has 0 saturated heterocycles. The third-order valence-corrected chi connectivity index (χ3v) is 2.65. The molecule has 1 rings (SSSR count). The van der Waals surface area contributed by atoms with Crippen LogP contribution in [-0.2, 0) is 4.74 Å². The van der Waals surface area contributed by atoms with Gasteiger partial charge in [0.15, 0.2) is 0 Å². The van der Waals surface area contributed by atoms with E-state index in [1.165, 1.54) is 6.07 Å². The highest BCUT2D eigenvalue weighted by Gasteiger charge is 2.17. The van der Waals surface area contributed by atoms with Crippen LogP contribution in [-0.4, -0.2) is 24.7 Å². The third-order valence-electron chi connectivity index (χ3n) is 2.65. The van der Waals surface area contributed by atoms with E-state index >= 15 is 0 Å². The van der Waals surface area contributed by atoms with Gasteiger partial charge in [-0.25, -0.2) is 0 Å². The number of nitrogens with zero attached hydrogens (tertiary/aromatic N) is 1. The standard InChI is InChI=1S/C12H17FN2O3/c1-8(2)11(7-18-3)14-9-4-5-12(15(16)17)10(13)6-9/h4-6,8,11,14H,7H2,1-3H3. The quantitative estimate of drug-likeness (QED) is 0.628. The molecular formula is C12H17FN2O3. The SMILES string of the molecule is COCC(Nc1ccc([N+](=O)[O-])c(F)c1)C(C)C. The van der Waals surface area contributed by atoms with Gasteiger partial charge in [-0.1, -0.05) is 13.8 Å². The molecular weight excluding hydrogens is 239 g/mol. The zero-order valence-corrected chi connectivity index (χ0v) is 10.6. The number of ether oxygens (including phenoxy) is 1. The lowest BCUT2D eigenvalue weighted by atomic mass is 10.0. The Bertz CT molecular complexity index is 424. The van der Waals surface area contributed by atoms with E-state index in [1.54, 1.807) is 7.11 Å². The van der Waals surface area contributed by atoms with Crippen molar-refractivity contribution in [3.8, 4) is 0 Å². The second kappa shape index (κ2) is 6.30. The maximum absolute atomic E-state index is 13.4. The van der Waals surface area contributed by atoms with E-state index in [1.807, 2.05) is 13.8 Å². The van der Waals surface area contributed by atoms with Gasteiger partial charge in [0.2, 0.25) is 5.82 Å². The van der Waals surface area contributed by atoms with E-state index in [-0.39, 0.29) is 6.04 Å². The van der Waals surface area contributed by atoms with Gasteiger partial charge in [-0.2, -0.15) is 4.39 Å². The Labute approximate surface area is 105 Å². The molecule has 1 N–H and O–H groups in total. The van der Waals surface area contributed by atoms with E-state index in [2.05, 4.69) is 5.32 Å². The smallest absolute Gasteiger partial charge is 0.304 e. The lowest BCUT2D eigenvalue weighted by molar-refractivity contribution is -0.387. The Balaban J connectivity index is 2.84. The molecule has 0 aliphatic heterocycles. The average molecular weight is 256 g/mol. The molecule has 0 aromatic heterocycles. The first-order chi connectivity index (χ1) is 8.45. The van der Waals surface area contributed by atoms with Gasteiger partial charge >= 0.3 is 5.69 Å². The molecule has 0 aliphatic carbocycles. The summed E-state index contributed by atoms with van der Waals surface area (Å²) in [6, 6.07) is 3.80. The number of nitro benzene ring substituents is 1. The van der Waals surface area contributed by atoms with E-state index in [0.29, 0.717) is 18.2 Å². The normalized spacial score (nSPS) is 12.5. The van der Waals surface area contributed by atoms with Crippen LogP contribution < -0.4 is 5.32 Å². The molecule has 0 bridgehead atoms. The summed E-state index contributed by atoms with van der Waals surface area (Å²) >= 11 is 0. The van der Waals surface area contributed by atoms with E-state index in [0.717, 1.165) is 12.1 Å². The van der Waals surface area contributed by atoms with Crippen LogP contribution in [0, 0.1) is 21.8 Å². The number of halogens is 1. The number of hydrogen-bond donors (Lipinski definition) is 1. The molecule has 0 amide bonds. The van der Waals surface area contributed by atoms with Gasteiger partial charge in [0, 0.05) is 24.9 Å². The largest absolute Gasteiger partial charge is 0.383 e. The second-order valence-electron chi connectivity index (χ2n) is 4.37. The fourth-order valence-electron chi connectivity index (χ4n) is 1.54. The zero-order chi connectivity index (χ0) is 13.7. The fourth-order valence-corrected chi connectivity index (χ4v) is 1.54. The van der Waals surface area contributed by atoms with Crippen LogP contribution in [0.1, 0.15) is 13.8 Å². The zero-order valence-electron chi connectivity index (χ0n) is 10.6. The van der Waals surface area contributed by atoms with Crippen LogP contribution in [0.15, 0.2) is 18.2 Å². The third kappa shape index (κ3) is 3.66. The summed E-state index contributed by atoms with van der Waals surface area (Å²) < 4.78 is 18.5. The molecule has 0 aliphatic rings. The minimum Gasteiger partial charge on any atom is -0.383 e. The number of benzene rings is 1. The van der Waals surface area contributed by atoms with E-state index in [9.17, 15) is 14.5 Å². The van der Waals surface area contributed by atoms with Crippen LogP contribution >= 0.6 is 0 Å². The number of hydrogen-bond acceptors (Lipinski definition) is 4. The Morgan fingerprint density at radius 3 is 2.61 bits per heavy atom. The molecule has 6 heteroatoms. The summed E-state index contributed by atoms with van der Waals surface area (Å²) in [6.07, 6.45) is 0. The topological polar surface area (TPSA) is 64.4 Å². The molecule has 100 valence electrons. The highest BCUT2D eigenvalue weighted by atomic mass is 19.1. The van der Waals surface area contributed by atoms with Crippen molar-refractivity contribution in [1.29, 1.82) is 0 Å². The van der Waals surface area contributed by atoms with Crippen molar-refractivity contribution < 1.29 is 14.1 Å². The Morgan fingerprint density at radius 1 is 1.50 bits per heavy atom. The minimum absolute atomic E-state index is 0.0239. The molecule has 1 unspecified atom stereocenters. The van der Waals surface area contributed by atoms with E-state index in [4.69, 9.17) is 4.74 Å². The average Bonchev–Trinajstić information content (AvgIpc) is 2.27.